The van der Waals surface area contributed by atoms with Crippen molar-refractivity contribution >= 4 is 5.91 Å². The second kappa shape index (κ2) is 8.48. The minimum atomic E-state index is 0.268. The molecule has 1 aliphatic carbocycles. The van der Waals surface area contributed by atoms with Crippen molar-refractivity contribution < 1.29 is 4.79 Å². The Labute approximate surface area is 111 Å². The molecule has 0 bridgehead atoms. The Morgan fingerprint density at radius 2 is 1.83 bits per heavy atom. The van der Waals surface area contributed by atoms with Crippen LogP contribution in [0.15, 0.2) is 0 Å². The SMILES string of the molecule is CCN(CC)C(=O)CN(CCCN)C1CCCC1. The molecule has 0 atom stereocenters. The minimum absolute atomic E-state index is 0.268. The molecule has 1 aliphatic rings. The maximum absolute atomic E-state index is 12.2. The molecule has 1 saturated carbocycles. The first-order chi connectivity index (χ1) is 8.72. The lowest BCUT2D eigenvalue weighted by molar-refractivity contribution is -0.132. The van der Waals surface area contributed by atoms with Crippen LogP contribution in [0.3, 0.4) is 0 Å². The van der Waals surface area contributed by atoms with Gasteiger partial charge in [0.05, 0.1) is 6.54 Å². The molecule has 1 rings (SSSR count). The van der Waals surface area contributed by atoms with Gasteiger partial charge < -0.3 is 10.6 Å². The second-order valence-electron chi connectivity index (χ2n) is 5.12. The summed E-state index contributed by atoms with van der Waals surface area (Å²) in [6.45, 7) is 7.96. The van der Waals surface area contributed by atoms with Crippen LogP contribution in [-0.4, -0.2) is 54.5 Å². The van der Waals surface area contributed by atoms with E-state index in [-0.39, 0.29) is 5.91 Å². The lowest BCUT2D eigenvalue weighted by Gasteiger charge is -2.30. The minimum Gasteiger partial charge on any atom is -0.342 e. The quantitative estimate of drug-likeness (QED) is 0.714. The van der Waals surface area contributed by atoms with Crippen molar-refractivity contribution in [3.8, 4) is 0 Å². The van der Waals surface area contributed by atoms with Gasteiger partial charge in [-0.3, -0.25) is 9.69 Å². The highest BCUT2D eigenvalue weighted by Gasteiger charge is 2.24. The van der Waals surface area contributed by atoms with Crippen molar-refractivity contribution in [3.63, 3.8) is 0 Å². The van der Waals surface area contributed by atoms with Crippen LogP contribution < -0.4 is 5.73 Å². The topological polar surface area (TPSA) is 49.6 Å². The summed E-state index contributed by atoms with van der Waals surface area (Å²) in [4.78, 5) is 16.5. The van der Waals surface area contributed by atoms with Crippen LogP contribution in [0, 0.1) is 0 Å². The lowest BCUT2D eigenvalue weighted by atomic mass is 10.2. The number of hydrogen-bond acceptors (Lipinski definition) is 3. The highest BCUT2D eigenvalue weighted by atomic mass is 16.2. The fraction of sp³-hybridized carbons (Fsp3) is 0.929. The second-order valence-corrected chi connectivity index (χ2v) is 5.12. The summed E-state index contributed by atoms with van der Waals surface area (Å²) < 4.78 is 0. The zero-order chi connectivity index (χ0) is 13.4. The molecule has 0 heterocycles. The van der Waals surface area contributed by atoms with Gasteiger partial charge in [0, 0.05) is 25.7 Å². The van der Waals surface area contributed by atoms with Gasteiger partial charge in [0.25, 0.3) is 0 Å². The number of carbonyl (C=O) groups is 1. The van der Waals surface area contributed by atoms with E-state index in [9.17, 15) is 4.79 Å². The van der Waals surface area contributed by atoms with Crippen molar-refractivity contribution in [2.24, 2.45) is 5.73 Å². The fourth-order valence-corrected chi connectivity index (χ4v) is 2.80. The van der Waals surface area contributed by atoms with Crippen molar-refractivity contribution in [1.29, 1.82) is 0 Å². The van der Waals surface area contributed by atoms with Crippen LogP contribution in [0.4, 0.5) is 0 Å². The van der Waals surface area contributed by atoms with E-state index < -0.39 is 0 Å². The Kier molecular flexibility index (Phi) is 7.28. The molecule has 4 nitrogen and oxygen atoms in total. The maximum Gasteiger partial charge on any atom is 0.236 e. The normalized spacial score (nSPS) is 16.4. The number of nitrogens with two attached hydrogens (primary N) is 1. The van der Waals surface area contributed by atoms with Crippen LogP contribution in [0.2, 0.25) is 0 Å². The van der Waals surface area contributed by atoms with E-state index in [0.29, 0.717) is 19.1 Å². The van der Waals surface area contributed by atoms with E-state index in [1.165, 1.54) is 25.7 Å². The molecule has 4 heteroatoms. The Morgan fingerprint density at radius 1 is 1.22 bits per heavy atom. The molecule has 0 aromatic rings. The van der Waals surface area contributed by atoms with Crippen LogP contribution in [-0.2, 0) is 4.79 Å². The third-order valence-electron chi connectivity index (χ3n) is 3.95. The lowest BCUT2D eigenvalue weighted by Crippen LogP contribution is -2.44. The summed E-state index contributed by atoms with van der Waals surface area (Å²) in [5.41, 5.74) is 5.60. The largest absolute Gasteiger partial charge is 0.342 e. The Balaban J connectivity index is 2.51. The molecule has 0 aliphatic heterocycles. The van der Waals surface area contributed by atoms with Crippen molar-refractivity contribution in [2.75, 3.05) is 32.7 Å². The molecular formula is C14H29N3O. The molecule has 0 radical (unpaired) electrons. The van der Waals surface area contributed by atoms with Gasteiger partial charge in [-0.15, -0.1) is 0 Å². The Bertz CT molecular complexity index is 235. The van der Waals surface area contributed by atoms with E-state index in [0.717, 1.165) is 26.1 Å². The number of rotatable bonds is 8. The number of hydrogen-bond donors (Lipinski definition) is 1. The van der Waals surface area contributed by atoms with E-state index in [2.05, 4.69) is 4.90 Å². The highest BCUT2D eigenvalue weighted by Crippen LogP contribution is 2.23. The molecule has 2 N–H and O–H groups in total. The summed E-state index contributed by atoms with van der Waals surface area (Å²) in [6.07, 6.45) is 6.10. The van der Waals surface area contributed by atoms with Gasteiger partial charge in [-0.25, -0.2) is 0 Å². The number of amides is 1. The molecule has 0 saturated heterocycles. The molecule has 0 unspecified atom stereocenters. The first-order valence-corrected chi connectivity index (χ1v) is 7.44. The zero-order valence-electron chi connectivity index (χ0n) is 12.0. The molecular weight excluding hydrogens is 226 g/mol. The average molecular weight is 255 g/mol. The maximum atomic E-state index is 12.2. The monoisotopic (exact) mass is 255 g/mol. The smallest absolute Gasteiger partial charge is 0.236 e. The Morgan fingerprint density at radius 3 is 2.33 bits per heavy atom. The Hall–Kier alpha value is -0.610. The van der Waals surface area contributed by atoms with Gasteiger partial charge >= 0.3 is 0 Å². The summed E-state index contributed by atoms with van der Waals surface area (Å²) in [5.74, 6) is 0.268. The molecule has 1 fully saturated rings. The van der Waals surface area contributed by atoms with Crippen molar-refractivity contribution in [2.45, 2.75) is 52.0 Å². The van der Waals surface area contributed by atoms with E-state index in [1.807, 2.05) is 18.7 Å². The first-order valence-electron chi connectivity index (χ1n) is 7.44. The molecule has 0 spiro atoms. The molecule has 0 aromatic carbocycles. The average Bonchev–Trinajstić information content (AvgIpc) is 2.89. The van der Waals surface area contributed by atoms with Gasteiger partial charge in [-0.2, -0.15) is 0 Å². The van der Waals surface area contributed by atoms with E-state index in [4.69, 9.17) is 5.73 Å². The summed E-state index contributed by atoms with van der Waals surface area (Å²) >= 11 is 0. The number of carbonyl (C=O) groups excluding carboxylic acids is 1. The van der Waals surface area contributed by atoms with Gasteiger partial charge in [0.2, 0.25) is 5.91 Å². The third-order valence-corrected chi connectivity index (χ3v) is 3.95. The standard InChI is InChI=1S/C14H29N3O/c1-3-16(4-2)14(18)12-17(11-7-10-15)13-8-5-6-9-13/h13H,3-12,15H2,1-2H3. The van der Waals surface area contributed by atoms with E-state index >= 15 is 0 Å². The summed E-state index contributed by atoms with van der Waals surface area (Å²) in [7, 11) is 0. The summed E-state index contributed by atoms with van der Waals surface area (Å²) in [5, 5.41) is 0. The first kappa shape index (κ1) is 15.4. The third kappa shape index (κ3) is 4.58. The number of likely N-dealkylation sites (N-methyl/N-ethyl adjacent to an activating group) is 1. The van der Waals surface area contributed by atoms with Crippen LogP contribution >= 0.6 is 0 Å². The van der Waals surface area contributed by atoms with Gasteiger partial charge in [0.1, 0.15) is 0 Å². The van der Waals surface area contributed by atoms with Crippen molar-refractivity contribution in [1.82, 2.24) is 9.80 Å². The predicted octanol–water partition coefficient (Wildman–Crippen LogP) is 1.45. The zero-order valence-corrected chi connectivity index (χ0v) is 12.0. The molecule has 106 valence electrons. The van der Waals surface area contributed by atoms with Crippen LogP contribution in [0.5, 0.6) is 0 Å². The number of nitrogens with zero attached hydrogens (tertiary/aromatic N) is 2. The molecule has 18 heavy (non-hydrogen) atoms. The van der Waals surface area contributed by atoms with Gasteiger partial charge in [-0.05, 0) is 39.7 Å². The van der Waals surface area contributed by atoms with Crippen LogP contribution in [0.1, 0.15) is 46.0 Å². The van der Waals surface area contributed by atoms with Crippen molar-refractivity contribution in [3.05, 3.63) is 0 Å². The fourth-order valence-electron chi connectivity index (χ4n) is 2.80. The van der Waals surface area contributed by atoms with Gasteiger partial charge in [0.15, 0.2) is 0 Å². The van der Waals surface area contributed by atoms with E-state index in [1.54, 1.807) is 0 Å². The summed E-state index contributed by atoms with van der Waals surface area (Å²) in [6, 6.07) is 0.607. The van der Waals surface area contributed by atoms with Crippen LogP contribution in [0.25, 0.3) is 0 Å². The van der Waals surface area contributed by atoms with Gasteiger partial charge in [-0.1, -0.05) is 12.8 Å². The molecule has 1 amide bonds. The highest BCUT2D eigenvalue weighted by molar-refractivity contribution is 5.78. The predicted molar refractivity (Wildman–Crippen MR) is 75.4 cm³/mol. The molecule has 0 aromatic heterocycles.